The third kappa shape index (κ3) is 3.42. The first-order valence-corrected chi connectivity index (χ1v) is 6.95. The Balaban J connectivity index is 2.03. The molecule has 0 aliphatic heterocycles. The number of fused-ring (bicyclic) bond motifs is 1. The molecule has 0 saturated heterocycles. The molecule has 0 unspecified atom stereocenters. The van der Waals surface area contributed by atoms with E-state index >= 15 is 0 Å². The van der Waals surface area contributed by atoms with Crippen LogP contribution in [0.15, 0.2) is 18.2 Å². The van der Waals surface area contributed by atoms with Crippen molar-refractivity contribution in [3.63, 3.8) is 0 Å². The minimum atomic E-state index is -0.275. The van der Waals surface area contributed by atoms with Crippen LogP contribution in [0.2, 0.25) is 0 Å². The second kappa shape index (κ2) is 6.30. The fourth-order valence-corrected chi connectivity index (χ4v) is 2.24. The lowest BCUT2D eigenvalue weighted by molar-refractivity contribution is 0.116. The second-order valence-electron chi connectivity index (χ2n) is 5.01. The number of hydrogen-bond acceptors (Lipinski definition) is 2. The molecule has 0 aliphatic rings. The lowest BCUT2D eigenvalue weighted by Gasteiger charge is -2.07. The van der Waals surface area contributed by atoms with E-state index in [4.69, 9.17) is 17.0 Å². The fraction of sp³-hybridized carbons (Fsp3) is 0.500. The molecule has 1 N–H and O–H groups in total. The van der Waals surface area contributed by atoms with Gasteiger partial charge in [-0.25, -0.2) is 4.39 Å². The number of para-hydroxylation sites is 1. The largest absolute Gasteiger partial charge is 0.380 e. The Labute approximate surface area is 117 Å². The smallest absolute Gasteiger partial charge is 0.178 e. The fourth-order valence-electron chi connectivity index (χ4n) is 1.94. The maximum absolute atomic E-state index is 13.6. The van der Waals surface area contributed by atoms with Crippen LogP contribution in [0.5, 0.6) is 0 Å². The minimum absolute atomic E-state index is 0.275. The van der Waals surface area contributed by atoms with Crippen LogP contribution in [0.25, 0.3) is 11.0 Å². The summed E-state index contributed by atoms with van der Waals surface area (Å²) in [7, 11) is 0. The summed E-state index contributed by atoms with van der Waals surface area (Å²) >= 11 is 5.22. The van der Waals surface area contributed by atoms with E-state index in [2.05, 4.69) is 18.8 Å². The molecule has 0 atom stereocenters. The quantitative estimate of drug-likeness (QED) is 0.643. The predicted octanol–water partition coefficient (Wildman–Crippen LogP) is 3.90. The summed E-state index contributed by atoms with van der Waals surface area (Å²) in [6.07, 6.45) is 1.05. The Bertz CT molecular complexity index is 603. The van der Waals surface area contributed by atoms with Gasteiger partial charge in [-0.3, -0.25) is 0 Å². The lowest BCUT2D eigenvalue weighted by Crippen LogP contribution is -2.08. The molecule has 1 aromatic carbocycles. The van der Waals surface area contributed by atoms with E-state index in [1.54, 1.807) is 6.07 Å². The molecule has 1 aromatic heterocycles. The topological polar surface area (TPSA) is 29.9 Å². The Morgan fingerprint density at radius 1 is 1.37 bits per heavy atom. The van der Waals surface area contributed by atoms with Gasteiger partial charge in [0.2, 0.25) is 0 Å². The van der Waals surface area contributed by atoms with Gasteiger partial charge in [-0.05, 0) is 36.7 Å². The number of rotatable bonds is 6. The molecule has 0 saturated carbocycles. The SMILES string of the molecule is CC(C)CCOCCn1c(=S)[nH]c2c(F)cccc21. The number of nitrogens with one attached hydrogen (secondary N) is 1. The number of aromatic nitrogens is 2. The number of H-pyrrole nitrogens is 1. The van der Waals surface area contributed by atoms with Crippen molar-refractivity contribution in [3.8, 4) is 0 Å². The number of hydrogen-bond donors (Lipinski definition) is 1. The van der Waals surface area contributed by atoms with E-state index in [9.17, 15) is 4.39 Å². The molecule has 5 heteroatoms. The molecular weight excluding hydrogens is 263 g/mol. The van der Waals surface area contributed by atoms with E-state index in [0.29, 0.717) is 29.4 Å². The Hall–Kier alpha value is -1.20. The second-order valence-corrected chi connectivity index (χ2v) is 5.40. The zero-order valence-corrected chi connectivity index (χ0v) is 12.1. The third-order valence-corrected chi connectivity index (χ3v) is 3.38. The zero-order chi connectivity index (χ0) is 13.8. The molecule has 0 radical (unpaired) electrons. The van der Waals surface area contributed by atoms with Crippen LogP contribution in [-0.2, 0) is 11.3 Å². The van der Waals surface area contributed by atoms with Crippen molar-refractivity contribution < 1.29 is 9.13 Å². The highest BCUT2D eigenvalue weighted by molar-refractivity contribution is 7.71. The summed E-state index contributed by atoms with van der Waals surface area (Å²) in [5.41, 5.74) is 1.26. The van der Waals surface area contributed by atoms with Crippen LogP contribution in [0, 0.1) is 16.5 Å². The molecule has 0 spiro atoms. The molecule has 2 aromatic rings. The summed E-state index contributed by atoms with van der Waals surface area (Å²) in [4.78, 5) is 2.90. The van der Waals surface area contributed by atoms with Crippen molar-refractivity contribution in [1.82, 2.24) is 9.55 Å². The van der Waals surface area contributed by atoms with Crippen LogP contribution in [-0.4, -0.2) is 22.8 Å². The summed E-state index contributed by atoms with van der Waals surface area (Å²) in [5, 5.41) is 0. The first-order chi connectivity index (χ1) is 9.09. The van der Waals surface area contributed by atoms with E-state index in [0.717, 1.165) is 18.5 Å². The van der Waals surface area contributed by atoms with Crippen LogP contribution in [0.1, 0.15) is 20.3 Å². The molecule has 19 heavy (non-hydrogen) atoms. The van der Waals surface area contributed by atoms with Gasteiger partial charge < -0.3 is 14.3 Å². The van der Waals surface area contributed by atoms with E-state index in [1.165, 1.54) is 6.07 Å². The van der Waals surface area contributed by atoms with Crippen molar-refractivity contribution in [1.29, 1.82) is 0 Å². The molecule has 0 aliphatic carbocycles. The molecule has 1 heterocycles. The number of halogens is 1. The monoisotopic (exact) mass is 282 g/mol. The molecule has 3 nitrogen and oxygen atoms in total. The van der Waals surface area contributed by atoms with Crippen LogP contribution in [0.3, 0.4) is 0 Å². The average molecular weight is 282 g/mol. The van der Waals surface area contributed by atoms with Crippen molar-refractivity contribution in [2.24, 2.45) is 5.92 Å². The number of imidazole rings is 1. The zero-order valence-electron chi connectivity index (χ0n) is 11.3. The first kappa shape index (κ1) is 14.2. The van der Waals surface area contributed by atoms with E-state index in [-0.39, 0.29) is 5.82 Å². The third-order valence-electron chi connectivity index (χ3n) is 3.06. The lowest BCUT2D eigenvalue weighted by atomic mass is 10.1. The van der Waals surface area contributed by atoms with Gasteiger partial charge in [0.05, 0.1) is 12.1 Å². The maximum atomic E-state index is 13.6. The highest BCUT2D eigenvalue weighted by Gasteiger charge is 2.07. The molecule has 104 valence electrons. The van der Waals surface area contributed by atoms with Gasteiger partial charge in [-0.2, -0.15) is 0 Å². The molecule has 0 fully saturated rings. The van der Waals surface area contributed by atoms with E-state index in [1.807, 2.05) is 10.6 Å². The van der Waals surface area contributed by atoms with Crippen molar-refractivity contribution in [2.45, 2.75) is 26.8 Å². The molecule has 0 bridgehead atoms. The number of aromatic amines is 1. The summed E-state index contributed by atoms with van der Waals surface area (Å²) < 4.78 is 21.6. The Morgan fingerprint density at radius 3 is 2.89 bits per heavy atom. The van der Waals surface area contributed by atoms with Gasteiger partial charge in [0.1, 0.15) is 11.3 Å². The minimum Gasteiger partial charge on any atom is -0.380 e. The van der Waals surface area contributed by atoms with Crippen LogP contribution in [0.4, 0.5) is 4.39 Å². The first-order valence-electron chi connectivity index (χ1n) is 6.54. The Morgan fingerprint density at radius 2 is 2.16 bits per heavy atom. The summed E-state index contributed by atoms with van der Waals surface area (Å²) in [5.74, 6) is 0.368. The normalized spacial score (nSPS) is 11.6. The number of ether oxygens (including phenoxy) is 1. The molecule has 0 amide bonds. The number of benzene rings is 1. The van der Waals surface area contributed by atoms with Gasteiger partial charge in [-0.15, -0.1) is 0 Å². The van der Waals surface area contributed by atoms with Gasteiger partial charge >= 0.3 is 0 Å². The van der Waals surface area contributed by atoms with Crippen LogP contribution < -0.4 is 0 Å². The average Bonchev–Trinajstić information content (AvgIpc) is 2.67. The molecule has 2 rings (SSSR count). The summed E-state index contributed by atoms with van der Waals surface area (Å²) in [6.45, 7) is 6.32. The molecular formula is C14H19FN2OS. The van der Waals surface area contributed by atoms with Gasteiger partial charge in [0.15, 0.2) is 4.77 Å². The highest BCUT2D eigenvalue weighted by Crippen LogP contribution is 2.17. The number of nitrogens with zero attached hydrogens (tertiary/aromatic N) is 1. The summed E-state index contributed by atoms with van der Waals surface area (Å²) in [6, 6.07) is 4.98. The van der Waals surface area contributed by atoms with E-state index < -0.39 is 0 Å². The van der Waals surface area contributed by atoms with Crippen LogP contribution >= 0.6 is 12.2 Å². The van der Waals surface area contributed by atoms with Gasteiger partial charge in [0, 0.05) is 13.2 Å². The Kier molecular flexibility index (Phi) is 4.71. The van der Waals surface area contributed by atoms with Crippen molar-refractivity contribution in [2.75, 3.05) is 13.2 Å². The highest BCUT2D eigenvalue weighted by atomic mass is 32.1. The van der Waals surface area contributed by atoms with Gasteiger partial charge in [0.25, 0.3) is 0 Å². The van der Waals surface area contributed by atoms with Crippen molar-refractivity contribution >= 4 is 23.3 Å². The predicted molar refractivity (Wildman–Crippen MR) is 77.4 cm³/mol. The maximum Gasteiger partial charge on any atom is 0.178 e. The standard InChI is InChI=1S/C14H19FN2OS/c1-10(2)6-8-18-9-7-17-12-5-3-4-11(15)13(12)16-14(17)19/h3-5,10H,6-9H2,1-2H3,(H,16,19). The van der Waals surface area contributed by atoms with Gasteiger partial charge in [-0.1, -0.05) is 19.9 Å². The van der Waals surface area contributed by atoms with Crippen molar-refractivity contribution in [3.05, 3.63) is 28.8 Å².